The van der Waals surface area contributed by atoms with Crippen LogP contribution in [0.1, 0.15) is 45.8 Å². The van der Waals surface area contributed by atoms with Crippen LogP contribution in [-0.2, 0) is 4.79 Å². The molecule has 1 unspecified atom stereocenters. The maximum absolute atomic E-state index is 13.4. The summed E-state index contributed by atoms with van der Waals surface area (Å²) in [7, 11) is 0. The van der Waals surface area contributed by atoms with Crippen molar-refractivity contribution in [2.45, 2.75) is 33.7 Å². The lowest BCUT2D eigenvalue weighted by atomic mass is 9.95. The van der Waals surface area contributed by atoms with Crippen molar-refractivity contribution >= 4 is 23.0 Å². The molecule has 1 aliphatic heterocycles. The number of aliphatic hydroxyl groups is 1. The van der Waals surface area contributed by atoms with E-state index in [1.807, 2.05) is 20.8 Å². The van der Waals surface area contributed by atoms with Crippen LogP contribution >= 0.6 is 11.3 Å². The minimum absolute atomic E-state index is 0.0339. The number of carbonyl (C=O) groups excluding carboxylic acids is 2. The summed E-state index contributed by atoms with van der Waals surface area (Å²) in [5, 5.41) is 21.4. The number of hydrogen-bond donors (Lipinski definition) is 2. The molecule has 160 valence electrons. The van der Waals surface area contributed by atoms with Crippen molar-refractivity contribution in [3.8, 4) is 5.75 Å². The molecule has 0 bridgehead atoms. The van der Waals surface area contributed by atoms with Gasteiger partial charge in [0.25, 0.3) is 5.91 Å². The Morgan fingerprint density at radius 2 is 1.93 bits per heavy atom. The Hall–Kier alpha value is -2.71. The van der Waals surface area contributed by atoms with E-state index in [0.717, 1.165) is 18.1 Å². The summed E-state index contributed by atoms with van der Waals surface area (Å²) >= 11 is 1.25. The van der Waals surface area contributed by atoms with Crippen LogP contribution in [0.4, 0.5) is 0 Å². The molecule has 3 rings (SSSR count). The van der Waals surface area contributed by atoms with Gasteiger partial charge in [-0.15, -0.1) is 11.3 Å². The van der Waals surface area contributed by atoms with E-state index in [-0.39, 0.29) is 11.3 Å². The number of thiazole rings is 1. The van der Waals surface area contributed by atoms with Gasteiger partial charge in [-0.1, -0.05) is 26.0 Å². The minimum atomic E-state index is -0.769. The number of Topliss-reactive ketones (excluding diaryl/α,β-unsaturated/α-hetero) is 1. The van der Waals surface area contributed by atoms with E-state index in [9.17, 15) is 19.8 Å². The average Bonchev–Trinajstić information content (AvgIpc) is 3.18. The molecule has 1 atom stereocenters. The predicted octanol–water partition coefficient (Wildman–Crippen LogP) is 3.39. The number of amides is 1. The molecule has 8 heteroatoms. The van der Waals surface area contributed by atoms with Crippen molar-refractivity contribution in [1.29, 1.82) is 0 Å². The largest absolute Gasteiger partial charge is 0.508 e. The van der Waals surface area contributed by atoms with E-state index in [4.69, 9.17) is 0 Å². The van der Waals surface area contributed by atoms with Crippen molar-refractivity contribution in [2.75, 3.05) is 26.2 Å². The Balaban J connectivity index is 2.05. The summed E-state index contributed by atoms with van der Waals surface area (Å²) in [5.41, 5.74) is 1.19. The molecule has 7 nitrogen and oxygen atoms in total. The van der Waals surface area contributed by atoms with Crippen LogP contribution in [0, 0.1) is 13.8 Å². The molecular weight excluding hydrogens is 402 g/mol. The Morgan fingerprint density at radius 1 is 1.23 bits per heavy atom. The molecule has 1 amide bonds. The molecule has 2 heterocycles. The highest BCUT2D eigenvalue weighted by molar-refractivity contribution is 7.14. The van der Waals surface area contributed by atoms with Gasteiger partial charge in [-0.05, 0) is 44.6 Å². The number of carbonyl (C=O) groups is 2. The third-order valence-electron chi connectivity index (χ3n) is 5.40. The molecule has 1 aromatic carbocycles. The van der Waals surface area contributed by atoms with Crippen molar-refractivity contribution in [1.82, 2.24) is 14.8 Å². The predicted molar refractivity (Wildman–Crippen MR) is 116 cm³/mol. The molecular formula is C22H27N3O4S. The maximum Gasteiger partial charge on any atom is 0.290 e. The molecule has 0 aliphatic carbocycles. The van der Waals surface area contributed by atoms with Crippen molar-refractivity contribution in [3.05, 3.63) is 56.7 Å². The third kappa shape index (κ3) is 4.11. The summed E-state index contributed by atoms with van der Waals surface area (Å²) in [6.45, 7) is 10.3. The molecule has 30 heavy (non-hydrogen) atoms. The zero-order chi connectivity index (χ0) is 22.0. The summed E-state index contributed by atoms with van der Waals surface area (Å²) < 4.78 is 0. The van der Waals surface area contributed by atoms with E-state index in [1.54, 1.807) is 19.1 Å². The maximum atomic E-state index is 13.4. The Morgan fingerprint density at radius 3 is 2.50 bits per heavy atom. The number of aryl methyl sites for hydroxylation is 2. The average molecular weight is 430 g/mol. The van der Waals surface area contributed by atoms with Crippen LogP contribution < -0.4 is 0 Å². The van der Waals surface area contributed by atoms with Gasteiger partial charge in [-0.25, -0.2) is 4.98 Å². The first kappa shape index (κ1) is 22.0. The number of likely N-dealkylation sites (N-methyl/N-ethyl adjacent to an activating group) is 1. The van der Waals surface area contributed by atoms with Crippen LogP contribution in [0.5, 0.6) is 5.75 Å². The number of phenols is 1. The monoisotopic (exact) mass is 429 g/mol. The van der Waals surface area contributed by atoms with Gasteiger partial charge in [-0.2, -0.15) is 0 Å². The quantitative estimate of drug-likeness (QED) is 0.625. The Bertz CT molecular complexity index is 994. The normalized spacial score (nSPS) is 16.8. The Labute approximate surface area is 180 Å². The fourth-order valence-corrected chi connectivity index (χ4v) is 4.68. The molecule has 2 aromatic rings. The first-order valence-corrected chi connectivity index (χ1v) is 10.8. The molecule has 0 fully saturated rings. The third-order valence-corrected chi connectivity index (χ3v) is 6.47. The van der Waals surface area contributed by atoms with Gasteiger partial charge in [0, 0.05) is 13.1 Å². The van der Waals surface area contributed by atoms with Gasteiger partial charge in [0.05, 0.1) is 27.2 Å². The SMILES string of the molecule is CCN(CC)CCN1C(=O)C(O)=C(C(=O)c2sc(C)nc2C)C1c1cccc(O)c1. The minimum Gasteiger partial charge on any atom is -0.508 e. The molecule has 0 radical (unpaired) electrons. The van der Waals surface area contributed by atoms with Crippen LogP contribution in [0.15, 0.2) is 35.6 Å². The lowest BCUT2D eigenvalue weighted by Gasteiger charge is -2.29. The van der Waals surface area contributed by atoms with Gasteiger partial charge in [0.1, 0.15) is 5.75 Å². The molecule has 0 spiro atoms. The Kier molecular flexibility index (Phi) is 6.58. The highest BCUT2D eigenvalue weighted by Gasteiger charge is 2.44. The van der Waals surface area contributed by atoms with E-state index < -0.39 is 23.5 Å². The zero-order valence-electron chi connectivity index (χ0n) is 17.7. The number of aromatic nitrogens is 1. The number of aliphatic hydroxyl groups excluding tert-OH is 1. The van der Waals surface area contributed by atoms with Gasteiger partial charge in [0.2, 0.25) is 5.78 Å². The number of hydrogen-bond acceptors (Lipinski definition) is 7. The lowest BCUT2D eigenvalue weighted by Crippen LogP contribution is -2.38. The van der Waals surface area contributed by atoms with E-state index in [0.29, 0.717) is 29.2 Å². The highest BCUT2D eigenvalue weighted by atomic mass is 32.1. The fraction of sp³-hybridized carbons (Fsp3) is 0.409. The first-order chi connectivity index (χ1) is 14.3. The molecule has 0 saturated carbocycles. The number of nitrogens with zero attached hydrogens (tertiary/aromatic N) is 3. The second-order valence-corrected chi connectivity index (χ2v) is 8.46. The van der Waals surface area contributed by atoms with Gasteiger partial charge in [0.15, 0.2) is 5.76 Å². The number of rotatable bonds is 8. The summed E-state index contributed by atoms with van der Waals surface area (Å²) in [4.78, 5) is 34.8. The van der Waals surface area contributed by atoms with E-state index in [2.05, 4.69) is 9.88 Å². The number of phenolic OH excluding ortho intramolecular Hbond substituents is 1. The highest BCUT2D eigenvalue weighted by Crippen LogP contribution is 2.40. The van der Waals surface area contributed by atoms with Gasteiger partial charge < -0.3 is 20.0 Å². The van der Waals surface area contributed by atoms with Crippen LogP contribution in [0.25, 0.3) is 0 Å². The topological polar surface area (TPSA) is 94.0 Å². The van der Waals surface area contributed by atoms with E-state index in [1.165, 1.54) is 28.4 Å². The molecule has 0 saturated heterocycles. The first-order valence-electron chi connectivity index (χ1n) is 10.0. The van der Waals surface area contributed by atoms with Gasteiger partial charge >= 0.3 is 0 Å². The second kappa shape index (κ2) is 8.97. The fourth-order valence-electron chi connectivity index (χ4n) is 3.81. The van der Waals surface area contributed by atoms with E-state index >= 15 is 0 Å². The summed E-state index contributed by atoms with van der Waals surface area (Å²) in [6.07, 6.45) is 0. The number of benzene rings is 1. The van der Waals surface area contributed by atoms with Crippen molar-refractivity contribution in [2.24, 2.45) is 0 Å². The van der Waals surface area contributed by atoms with Crippen molar-refractivity contribution in [3.63, 3.8) is 0 Å². The van der Waals surface area contributed by atoms with Gasteiger partial charge in [-0.3, -0.25) is 9.59 Å². The molecule has 1 aliphatic rings. The van der Waals surface area contributed by atoms with Crippen molar-refractivity contribution < 1.29 is 19.8 Å². The lowest BCUT2D eigenvalue weighted by molar-refractivity contribution is -0.129. The standard InChI is InChI=1S/C22H27N3O4S/c1-5-24(6-2)10-11-25-18(15-8-7-9-16(26)12-15)17(20(28)22(25)29)19(27)21-13(3)23-14(4)30-21/h7-9,12,18,26,28H,5-6,10-11H2,1-4H3. The smallest absolute Gasteiger partial charge is 0.290 e. The molecule has 2 N–H and O–H groups in total. The second-order valence-electron chi connectivity index (χ2n) is 7.26. The van der Waals surface area contributed by atoms with Crippen LogP contribution in [0.3, 0.4) is 0 Å². The number of ketones is 1. The number of aromatic hydroxyl groups is 1. The summed E-state index contributed by atoms with van der Waals surface area (Å²) in [5.74, 6) is -1.47. The summed E-state index contributed by atoms with van der Waals surface area (Å²) in [6, 6.07) is 5.70. The zero-order valence-corrected chi connectivity index (χ0v) is 18.5. The molecule has 1 aromatic heterocycles. The van der Waals surface area contributed by atoms with Crippen LogP contribution in [-0.4, -0.2) is 62.9 Å². The van der Waals surface area contributed by atoms with Crippen LogP contribution in [0.2, 0.25) is 0 Å².